The van der Waals surface area contributed by atoms with Crippen molar-refractivity contribution in [2.45, 2.75) is 25.7 Å². The van der Waals surface area contributed by atoms with E-state index in [1.54, 1.807) is 0 Å². The molecule has 1 aliphatic rings. The SMILES string of the molecule is O=C(c1ccccc1)c1c[nH]c2ccc3c(c12)CCCC3. The highest BCUT2D eigenvalue weighted by molar-refractivity contribution is 6.17. The van der Waals surface area contributed by atoms with Crippen LogP contribution in [-0.4, -0.2) is 10.8 Å². The highest BCUT2D eigenvalue weighted by Gasteiger charge is 2.20. The van der Waals surface area contributed by atoms with E-state index in [1.807, 2.05) is 36.5 Å². The summed E-state index contributed by atoms with van der Waals surface area (Å²) < 4.78 is 0. The Hall–Kier alpha value is -2.35. The molecule has 1 N–H and O–H groups in total. The summed E-state index contributed by atoms with van der Waals surface area (Å²) in [6.07, 6.45) is 6.56. The minimum Gasteiger partial charge on any atom is -0.360 e. The number of rotatable bonds is 2. The third kappa shape index (κ3) is 1.99. The number of benzene rings is 2. The molecule has 1 aromatic heterocycles. The summed E-state index contributed by atoms with van der Waals surface area (Å²) in [5, 5.41) is 1.14. The van der Waals surface area contributed by atoms with E-state index in [9.17, 15) is 4.79 Å². The van der Waals surface area contributed by atoms with Crippen LogP contribution in [0.1, 0.15) is 39.9 Å². The first kappa shape index (κ1) is 12.4. The van der Waals surface area contributed by atoms with Crippen molar-refractivity contribution in [3.05, 3.63) is 70.9 Å². The van der Waals surface area contributed by atoms with Gasteiger partial charge in [0.05, 0.1) is 0 Å². The Bertz CT molecular complexity index is 814. The van der Waals surface area contributed by atoms with E-state index in [2.05, 4.69) is 17.1 Å². The molecule has 0 radical (unpaired) electrons. The molecule has 2 nitrogen and oxygen atoms in total. The van der Waals surface area contributed by atoms with Crippen LogP contribution in [0.2, 0.25) is 0 Å². The lowest BCUT2D eigenvalue weighted by Gasteiger charge is -2.17. The summed E-state index contributed by atoms with van der Waals surface area (Å²) in [5.41, 5.74) is 5.44. The van der Waals surface area contributed by atoms with Gasteiger partial charge >= 0.3 is 0 Å². The normalized spacial score (nSPS) is 14.1. The van der Waals surface area contributed by atoms with Crippen molar-refractivity contribution in [1.29, 1.82) is 0 Å². The van der Waals surface area contributed by atoms with Gasteiger partial charge in [0.15, 0.2) is 5.78 Å². The van der Waals surface area contributed by atoms with Crippen LogP contribution in [0.15, 0.2) is 48.7 Å². The lowest BCUT2D eigenvalue weighted by atomic mass is 9.87. The zero-order valence-electron chi connectivity index (χ0n) is 11.9. The fraction of sp³-hybridized carbons (Fsp3) is 0.211. The highest BCUT2D eigenvalue weighted by atomic mass is 16.1. The summed E-state index contributed by atoms with van der Waals surface area (Å²) in [7, 11) is 0. The molecule has 0 unspecified atom stereocenters. The molecule has 2 heteroatoms. The Morgan fingerprint density at radius 1 is 0.952 bits per heavy atom. The first-order chi connectivity index (χ1) is 10.3. The van der Waals surface area contributed by atoms with Gasteiger partial charge in [0.2, 0.25) is 0 Å². The molecular formula is C19H17NO. The van der Waals surface area contributed by atoms with Gasteiger partial charge in [0, 0.05) is 28.2 Å². The van der Waals surface area contributed by atoms with Gasteiger partial charge in [-0.3, -0.25) is 4.79 Å². The van der Waals surface area contributed by atoms with Crippen molar-refractivity contribution in [3.8, 4) is 0 Å². The quantitative estimate of drug-likeness (QED) is 0.696. The molecule has 0 spiro atoms. The van der Waals surface area contributed by atoms with Gasteiger partial charge in [-0.2, -0.15) is 0 Å². The molecule has 0 aliphatic heterocycles. The minimum absolute atomic E-state index is 0.112. The predicted octanol–water partition coefficient (Wildman–Crippen LogP) is 4.28. The molecule has 21 heavy (non-hydrogen) atoms. The van der Waals surface area contributed by atoms with E-state index in [-0.39, 0.29) is 5.78 Å². The van der Waals surface area contributed by atoms with E-state index >= 15 is 0 Å². The van der Waals surface area contributed by atoms with Gasteiger partial charge in [-0.1, -0.05) is 36.4 Å². The summed E-state index contributed by atoms with van der Waals surface area (Å²) in [6.45, 7) is 0. The highest BCUT2D eigenvalue weighted by Crippen LogP contribution is 2.32. The molecule has 4 rings (SSSR count). The lowest BCUT2D eigenvalue weighted by Crippen LogP contribution is -2.06. The molecule has 2 aromatic carbocycles. The molecule has 0 amide bonds. The maximum atomic E-state index is 12.8. The van der Waals surface area contributed by atoms with Crippen molar-refractivity contribution in [3.63, 3.8) is 0 Å². The second-order valence-electron chi connectivity index (χ2n) is 5.73. The van der Waals surface area contributed by atoms with Crippen LogP contribution >= 0.6 is 0 Å². The van der Waals surface area contributed by atoms with Crippen LogP contribution < -0.4 is 0 Å². The largest absolute Gasteiger partial charge is 0.360 e. The summed E-state index contributed by atoms with van der Waals surface area (Å²) in [5.74, 6) is 0.112. The zero-order chi connectivity index (χ0) is 14.2. The number of nitrogens with one attached hydrogen (secondary N) is 1. The number of ketones is 1. The van der Waals surface area contributed by atoms with Gasteiger partial charge in [-0.15, -0.1) is 0 Å². The zero-order valence-corrected chi connectivity index (χ0v) is 11.9. The van der Waals surface area contributed by atoms with Crippen LogP contribution in [0.3, 0.4) is 0 Å². The molecule has 0 bridgehead atoms. The van der Waals surface area contributed by atoms with Gasteiger partial charge in [0.1, 0.15) is 0 Å². The summed E-state index contributed by atoms with van der Waals surface area (Å²) in [6, 6.07) is 13.9. The third-order valence-corrected chi connectivity index (χ3v) is 4.45. The molecule has 0 saturated heterocycles. The molecule has 104 valence electrons. The Morgan fingerprint density at radius 2 is 1.76 bits per heavy atom. The number of carbonyl (C=O) groups is 1. The lowest BCUT2D eigenvalue weighted by molar-refractivity contribution is 0.104. The topological polar surface area (TPSA) is 32.9 Å². The van der Waals surface area contributed by atoms with Crippen LogP contribution in [0.25, 0.3) is 10.9 Å². The van der Waals surface area contributed by atoms with Crippen LogP contribution in [0.5, 0.6) is 0 Å². The van der Waals surface area contributed by atoms with E-state index < -0.39 is 0 Å². The average Bonchev–Trinajstić information content (AvgIpc) is 2.99. The van der Waals surface area contributed by atoms with E-state index in [4.69, 9.17) is 0 Å². The Labute approximate surface area is 123 Å². The van der Waals surface area contributed by atoms with E-state index in [1.165, 1.54) is 24.0 Å². The van der Waals surface area contributed by atoms with Crippen molar-refractivity contribution in [2.75, 3.05) is 0 Å². The Balaban J connectivity index is 1.92. The maximum Gasteiger partial charge on any atom is 0.195 e. The van der Waals surface area contributed by atoms with E-state index in [0.717, 1.165) is 34.9 Å². The number of aromatic nitrogens is 1. The van der Waals surface area contributed by atoms with Gasteiger partial charge in [0.25, 0.3) is 0 Å². The van der Waals surface area contributed by atoms with Crippen molar-refractivity contribution in [1.82, 2.24) is 4.98 Å². The number of hydrogen-bond donors (Lipinski definition) is 1. The monoisotopic (exact) mass is 275 g/mol. The van der Waals surface area contributed by atoms with Crippen LogP contribution in [0.4, 0.5) is 0 Å². The Kier molecular flexibility index (Phi) is 2.88. The molecule has 3 aromatic rings. The minimum atomic E-state index is 0.112. The average molecular weight is 275 g/mol. The van der Waals surface area contributed by atoms with Crippen molar-refractivity contribution in [2.24, 2.45) is 0 Å². The second-order valence-corrected chi connectivity index (χ2v) is 5.73. The fourth-order valence-electron chi connectivity index (χ4n) is 3.40. The van der Waals surface area contributed by atoms with Crippen LogP contribution in [0, 0.1) is 0 Å². The molecule has 0 saturated carbocycles. The van der Waals surface area contributed by atoms with Crippen molar-refractivity contribution >= 4 is 16.7 Å². The van der Waals surface area contributed by atoms with Gasteiger partial charge in [-0.05, 0) is 42.9 Å². The van der Waals surface area contributed by atoms with Crippen molar-refractivity contribution < 1.29 is 4.79 Å². The number of aromatic amines is 1. The maximum absolute atomic E-state index is 12.8. The molecule has 1 aliphatic carbocycles. The van der Waals surface area contributed by atoms with Gasteiger partial charge in [-0.25, -0.2) is 0 Å². The predicted molar refractivity (Wildman–Crippen MR) is 84.8 cm³/mol. The molecule has 0 fully saturated rings. The molecule has 0 atom stereocenters. The number of carbonyl (C=O) groups excluding carboxylic acids is 1. The number of fused-ring (bicyclic) bond motifs is 3. The first-order valence-corrected chi connectivity index (χ1v) is 7.56. The second kappa shape index (κ2) is 4.88. The first-order valence-electron chi connectivity index (χ1n) is 7.56. The molecular weight excluding hydrogens is 258 g/mol. The number of hydrogen-bond acceptors (Lipinski definition) is 1. The smallest absolute Gasteiger partial charge is 0.195 e. The standard InChI is InChI=1S/C19H17NO/c21-19(14-7-2-1-3-8-14)16-12-20-17-11-10-13-6-4-5-9-15(13)18(16)17/h1-3,7-8,10-12,20H,4-6,9H2. The van der Waals surface area contributed by atoms with Crippen LogP contribution in [-0.2, 0) is 12.8 Å². The van der Waals surface area contributed by atoms with E-state index in [0.29, 0.717) is 0 Å². The Morgan fingerprint density at radius 3 is 2.62 bits per heavy atom. The fourth-order valence-corrected chi connectivity index (χ4v) is 3.40. The number of aryl methyl sites for hydroxylation is 2. The summed E-state index contributed by atoms with van der Waals surface area (Å²) >= 11 is 0. The number of H-pyrrole nitrogens is 1. The summed E-state index contributed by atoms with van der Waals surface area (Å²) in [4.78, 5) is 16.1. The van der Waals surface area contributed by atoms with Gasteiger partial charge < -0.3 is 4.98 Å². The molecule has 1 heterocycles. The third-order valence-electron chi connectivity index (χ3n) is 4.45.